The van der Waals surface area contributed by atoms with Crippen LogP contribution >= 0.6 is 0 Å². The van der Waals surface area contributed by atoms with Gasteiger partial charge in [0, 0.05) is 72.6 Å². The zero-order chi connectivity index (χ0) is 38.9. The maximum Gasteiger partial charge on any atom is 0.265 e. The maximum atomic E-state index is 14.4. The van der Waals surface area contributed by atoms with Crippen molar-refractivity contribution >= 4 is 101 Å². The van der Waals surface area contributed by atoms with E-state index in [0.717, 1.165) is 32.2 Å². The highest BCUT2D eigenvalue weighted by Crippen LogP contribution is 2.42. The van der Waals surface area contributed by atoms with Crippen molar-refractivity contribution in [1.29, 1.82) is 0 Å². The first kappa shape index (κ1) is 33.2. The largest absolute Gasteiger partial charge is 0.378 e. The molecule has 0 bridgehead atoms. The predicted octanol–water partition coefficient (Wildman–Crippen LogP) is 7.38. The molecule has 0 unspecified atom stereocenters. The molecular formula is C44H32N8O4. The van der Waals surface area contributed by atoms with E-state index in [9.17, 15) is 19.2 Å². The number of carbonyl (C=O) groups excluding carboxylic acids is 4. The molecular weight excluding hydrogens is 705 g/mol. The van der Waals surface area contributed by atoms with Gasteiger partial charge in [-0.2, -0.15) is 0 Å². The average Bonchev–Trinajstić information content (AvgIpc) is 3.17. The molecule has 12 heteroatoms. The van der Waals surface area contributed by atoms with Crippen molar-refractivity contribution in [2.24, 2.45) is 0 Å². The van der Waals surface area contributed by atoms with Crippen molar-refractivity contribution in [3.05, 3.63) is 118 Å². The lowest BCUT2D eigenvalue weighted by atomic mass is 9.85. The number of anilines is 4. The van der Waals surface area contributed by atoms with Crippen molar-refractivity contribution in [3.63, 3.8) is 0 Å². The van der Waals surface area contributed by atoms with Crippen LogP contribution in [0.1, 0.15) is 52.6 Å². The molecule has 0 atom stereocenters. The van der Waals surface area contributed by atoms with E-state index in [-0.39, 0.29) is 33.0 Å². The highest BCUT2D eigenvalue weighted by atomic mass is 16.2. The van der Waals surface area contributed by atoms with Crippen molar-refractivity contribution < 1.29 is 19.2 Å². The zero-order valence-corrected chi connectivity index (χ0v) is 31.3. The molecule has 2 aliphatic heterocycles. The number of amides is 4. The molecule has 12 nitrogen and oxygen atoms in total. The molecule has 0 saturated carbocycles. The van der Waals surface area contributed by atoms with Gasteiger partial charge in [-0.1, -0.05) is 0 Å². The van der Waals surface area contributed by atoms with Crippen molar-refractivity contribution in [2.45, 2.75) is 13.8 Å². The van der Waals surface area contributed by atoms with Gasteiger partial charge in [0.15, 0.2) is 0 Å². The van der Waals surface area contributed by atoms with Crippen LogP contribution in [0.4, 0.5) is 22.7 Å². The van der Waals surface area contributed by atoms with Crippen LogP contribution in [-0.2, 0) is 0 Å². The Morgan fingerprint density at radius 3 is 1.04 bits per heavy atom. The SMILES string of the molecule is Cc1cc2nc3ccc(N(C)C)cc3nc2cc1N1C(=O)c2ccc3c4c(ccc(c24)C1=O)C(=O)N(c1cc2nc4cc(N(C)C)ccc4nc2cc1C)C3=O. The van der Waals surface area contributed by atoms with E-state index in [1.54, 1.807) is 36.4 Å². The van der Waals surface area contributed by atoms with Gasteiger partial charge in [0.05, 0.1) is 55.5 Å². The second kappa shape index (κ2) is 11.6. The fraction of sp³-hybridized carbons (Fsp3) is 0.136. The monoisotopic (exact) mass is 736 g/mol. The van der Waals surface area contributed by atoms with Crippen LogP contribution in [0, 0.1) is 13.8 Å². The zero-order valence-electron chi connectivity index (χ0n) is 31.3. The fourth-order valence-electron chi connectivity index (χ4n) is 7.96. The Morgan fingerprint density at radius 1 is 0.393 bits per heavy atom. The third-order valence-corrected chi connectivity index (χ3v) is 10.9. The van der Waals surface area contributed by atoms with E-state index in [4.69, 9.17) is 19.9 Å². The average molecular weight is 737 g/mol. The van der Waals surface area contributed by atoms with Gasteiger partial charge in [0.2, 0.25) is 0 Å². The molecule has 0 saturated heterocycles. The van der Waals surface area contributed by atoms with Crippen LogP contribution in [0.25, 0.3) is 54.9 Å². The Hall–Kier alpha value is -7.34. The normalized spacial score (nSPS) is 14.0. The van der Waals surface area contributed by atoms with E-state index in [1.165, 1.54) is 0 Å². The van der Waals surface area contributed by atoms with Crippen molar-refractivity contribution in [2.75, 3.05) is 47.8 Å². The first-order chi connectivity index (χ1) is 26.9. The minimum absolute atomic E-state index is 0.218. The number of carbonyl (C=O) groups is 4. The lowest BCUT2D eigenvalue weighted by molar-refractivity contribution is 0.0873. The Labute approximate surface area is 319 Å². The molecule has 4 heterocycles. The summed E-state index contributed by atoms with van der Waals surface area (Å²) in [5.74, 6) is -2.25. The molecule has 2 aromatic heterocycles. The van der Waals surface area contributed by atoms with Crippen LogP contribution in [0.5, 0.6) is 0 Å². The summed E-state index contributed by atoms with van der Waals surface area (Å²) in [6, 6.07) is 25.0. The Bertz CT molecular complexity index is 2890. The second-order valence-electron chi connectivity index (χ2n) is 14.8. The van der Waals surface area contributed by atoms with Gasteiger partial charge in [0.25, 0.3) is 23.6 Å². The molecule has 6 aromatic carbocycles. The Kier molecular flexibility index (Phi) is 6.87. The number of nitrogens with zero attached hydrogens (tertiary/aromatic N) is 8. The Balaban J connectivity index is 1.07. The smallest absolute Gasteiger partial charge is 0.265 e. The van der Waals surface area contributed by atoms with Gasteiger partial charge in [-0.25, -0.2) is 29.7 Å². The van der Waals surface area contributed by atoms with Crippen LogP contribution in [0.15, 0.2) is 84.9 Å². The van der Waals surface area contributed by atoms with Gasteiger partial charge in [-0.15, -0.1) is 0 Å². The van der Waals surface area contributed by atoms with E-state index >= 15 is 0 Å². The minimum atomic E-state index is -0.562. The van der Waals surface area contributed by atoms with Gasteiger partial charge in [0.1, 0.15) is 0 Å². The summed E-state index contributed by atoms with van der Waals surface area (Å²) < 4.78 is 0. The van der Waals surface area contributed by atoms with Gasteiger partial charge in [-0.3, -0.25) is 19.2 Å². The molecule has 0 fully saturated rings. The second-order valence-corrected chi connectivity index (χ2v) is 14.8. The van der Waals surface area contributed by atoms with Crippen molar-refractivity contribution in [3.8, 4) is 0 Å². The van der Waals surface area contributed by atoms with Crippen LogP contribution in [0.3, 0.4) is 0 Å². The van der Waals surface area contributed by atoms with Crippen LogP contribution in [-0.4, -0.2) is 71.8 Å². The summed E-state index contributed by atoms with van der Waals surface area (Å²) in [5.41, 5.74) is 10.0. The molecule has 2 aliphatic rings. The van der Waals surface area contributed by atoms with E-state index in [0.29, 0.717) is 55.6 Å². The van der Waals surface area contributed by atoms with Crippen molar-refractivity contribution in [1.82, 2.24) is 19.9 Å². The van der Waals surface area contributed by atoms with Gasteiger partial charge >= 0.3 is 0 Å². The van der Waals surface area contributed by atoms with E-state index in [1.807, 2.05) is 100 Å². The number of rotatable bonds is 4. The molecule has 0 N–H and O–H groups in total. The summed E-state index contributed by atoms with van der Waals surface area (Å²) in [4.78, 5) is 83.2. The summed E-state index contributed by atoms with van der Waals surface area (Å²) in [6.07, 6.45) is 0. The predicted molar refractivity (Wildman–Crippen MR) is 218 cm³/mol. The first-order valence-corrected chi connectivity index (χ1v) is 18.0. The number of fused-ring (bicyclic) bond motifs is 4. The molecule has 4 amide bonds. The number of aryl methyl sites for hydroxylation is 2. The minimum Gasteiger partial charge on any atom is -0.378 e. The summed E-state index contributed by atoms with van der Waals surface area (Å²) in [5, 5.41) is 0.578. The highest BCUT2D eigenvalue weighted by molar-refractivity contribution is 6.42. The third kappa shape index (κ3) is 4.65. The molecule has 56 heavy (non-hydrogen) atoms. The Morgan fingerprint density at radius 2 is 0.696 bits per heavy atom. The van der Waals surface area contributed by atoms with Gasteiger partial charge < -0.3 is 9.80 Å². The number of hydrogen-bond acceptors (Lipinski definition) is 10. The number of imide groups is 2. The molecule has 0 aliphatic carbocycles. The standard InChI is InChI=1S/C44H32N8O4/c1-21-15-31-35(47-33-17-23(49(3)4)7-13-29(33)45-31)19-37(21)51-41(53)25-9-11-27-40-28(12-10-26(39(25)40)42(51)54)44(56)52(43(27)55)38-20-36-32(16-22(38)2)46-30-14-8-24(50(5)6)18-34(30)48-36/h7-20H,1-6H3. The lowest BCUT2D eigenvalue weighted by Crippen LogP contribution is -2.43. The third-order valence-electron chi connectivity index (χ3n) is 10.9. The number of aromatic nitrogens is 4. The number of hydrogen-bond donors (Lipinski definition) is 0. The quantitative estimate of drug-likeness (QED) is 0.133. The lowest BCUT2D eigenvalue weighted by Gasteiger charge is -2.32. The van der Waals surface area contributed by atoms with E-state index in [2.05, 4.69) is 0 Å². The molecule has 8 aromatic rings. The molecule has 0 spiro atoms. The van der Waals surface area contributed by atoms with E-state index < -0.39 is 23.6 Å². The molecule has 272 valence electrons. The summed E-state index contributed by atoms with van der Waals surface area (Å²) >= 11 is 0. The maximum absolute atomic E-state index is 14.4. The molecule has 10 rings (SSSR count). The summed E-state index contributed by atoms with van der Waals surface area (Å²) in [7, 11) is 7.79. The number of benzene rings is 6. The van der Waals surface area contributed by atoms with Crippen LogP contribution in [0.2, 0.25) is 0 Å². The topological polar surface area (TPSA) is 133 Å². The van der Waals surface area contributed by atoms with Gasteiger partial charge in [-0.05, 0) is 110 Å². The molecule has 0 radical (unpaired) electrons. The highest BCUT2D eigenvalue weighted by Gasteiger charge is 2.41. The van der Waals surface area contributed by atoms with Crippen LogP contribution < -0.4 is 19.6 Å². The first-order valence-electron chi connectivity index (χ1n) is 18.0. The summed E-state index contributed by atoms with van der Waals surface area (Å²) in [6.45, 7) is 3.64. The fourth-order valence-corrected chi connectivity index (χ4v) is 7.96.